The Morgan fingerprint density at radius 2 is 1.44 bits per heavy atom. The molecule has 6 atom stereocenters. The van der Waals surface area contributed by atoms with Crippen LogP contribution in [0.25, 0.3) is 0 Å². The molecule has 6 aromatic rings. The quantitative estimate of drug-likeness (QED) is 0.114. The summed E-state index contributed by atoms with van der Waals surface area (Å²) in [7, 11) is 2.03. The number of amides is 2. The number of piperazine rings is 1. The van der Waals surface area contributed by atoms with Crippen LogP contribution in [0.4, 0.5) is 5.69 Å². The number of nitrogens with zero attached hydrogens (tertiary/aromatic N) is 4. The smallest absolute Gasteiger partial charge is 0.324 e. The Morgan fingerprint density at radius 3 is 2.18 bits per heavy atom. The van der Waals surface area contributed by atoms with Crippen LogP contribution in [0.15, 0.2) is 152 Å². The molecule has 5 aliphatic rings. The van der Waals surface area contributed by atoms with Crippen molar-refractivity contribution in [2.24, 2.45) is 5.92 Å². The van der Waals surface area contributed by atoms with Gasteiger partial charge in [0.1, 0.15) is 23.3 Å². The number of hydrogen-bond acceptors (Lipinski definition) is 10. The zero-order chi connectivity index (χ0) is 46.4. The van der Waals surface area contributed by atoms with E-state index in [0.717, 1.165) is 34.7 Å². The molecule has 2 amide bonds. The molecule has 0 aliphatic carbocycles. The van der Waals surface area contributed by atoms with Gasteiger partial charge in [-0.05, 0) is 82.9 Å². The van der Waals surface area contributed by atoms with Crippen LogP contribution in [-0.2, 0) is 37.6 Å². The number of hydrogen-bond donors (Lipinski definition) is 2. The Hall–Kier alpha value is -7.43. The van der Waals surface area contributed by atoms with Crippen LogP contribution in [0, 0.1) is 17.8 Å². The van der Waals surface area contributed by atoms with Crippen molar-refractivity contribution in [3.63, 3.8) is 0 Å². The van der Waals surface area contributed by atoms with E-state index in [1.807, 2.05) is 127 Å². The molecule has 3 saturated heterocycles. The van der Waals surface area contributed by atoms with Gasteiger partial charge in [-0.2, -0.15) is 0 Å². The van der Waals surface area contributed by atoms with Gasteiger partial charge in [-0.3, -0.25) is 29.1 Å². The first kappa shape index (κ1) is 43.2. The second-order valence-electron chi connectivity index (χ2n) is 18.3. The molecule has 1 spiro atoms. The molecule has 0 saturated carbocycles. The van der Waals surface area contributed by atoms with E-state index in [4.69, 9.17) is 14.2 Å². The lowest BCUT2D eigenvalue weighted by Crippen LogP contribution is -2.58. The van der Waals surface area contributed by atoms with Gasteiger partial charge in [0, 0.05) is 50.5 Å². The van der Waals surface area contributed by atoms with E-state index in [2.05, 4.69) is 44.0 Å². The van der Waals surface area contributed by atoms with E-state index in [-0.39, 0.29) is 24.4 Å². The first-order valence-electron chi connectivity index (χ1n) is 23.2. The second kappa shape index (κ2) is 18.0. The number of esters is 1. The van der Waals surface area contributed by atoms with Crippen molar-refractivity contribution < 1.29 is 33.7 Å². The molecule has 12 nitrogen and oxygen atoms in total. The first-order valence-corrected chi connectivity index (χ1v) is 23.2. The molecule has 68 heavy (non-hydrogen) atoms. The van der Waals surface area contributed by atoms with Crippen LogP contribution in [0.2, 0.25) is 0 Å². The summed E-state index contributed by atoms with van der Waals surface area (Å²) in [5.41, 5.74) is 4.74. The highest BCUT2D eigenvalue weighted by atomic mass is 16.7. The van der Waals surface area contributed by atoms with Gasteiger partial charge in [-0.15, -0.1) is 0 Å². The zero-order valence-electron chi connectivity index (χ0n) is 37.7. The highest BCUT2D eigenvalue weighted by Crippen LogP contribution is 2.65. The van der Waals surface area contributed by atoms with Crippen molar-refractivity contribution >= 4 is 23.5 Å². The molecule has 0 aromatic heterocycles. The molecular weight excluding hydrogens is 855 g/mol. The number of rotatable bonds is 9. The number of benzene rings is 6. The topological polar surface area (TPSA) is 124 Å². The summed E-state index contributed by atoms with van der Waals surface area (Å²) >= 11 is 0. The number of aromatic hydroxyl groups is 1. The van der Waals surface area contributed by atoms with Gasteiger partial charge in [0.2, 0.25) is 18.6 Å². The van der Waals surface area contributed by atoms with Crippen molar-refractivity contribution in [2.75, 3.05) is 51.9 Å². The van der Waals surface area contributed by atoms with Crippen molar-refractivity contribution in [1.82, 2.24) is 19.6 Å². The fourth-order valence-corrected chi connectivity index (χ4v) is 11.2. The largest absolute Gasteiger partial charge is 0.508 e. The Balaban J connectivity index is 1.03. The van der Waals surface area contributed by atoms with Gasteiger partial charge >= 0.3 is 5.97 Å². The number of cyclic esters (lactones) is 1. The molecular formula is C56H51N5O7. The number of carbonyl (C=O) groups excluding carboxylic acids is 3. The molecule has 0 unspecified atom stereocenters. The SMILES string of the molecule is CN(CC#Cc1ccc2c(c1)[C@]1(C(=O)N2)[C@H](C(=O)N2CCN(Cc3ccc4c(c3)OCO4)CC2)[C@H]2C(=O)O[C@H](c3ccccc3)[C@H](c3ccccc3)N2[C@@H]1c1ccc(O)cc1)Cc1ccccc1. The molecule has 342 valence electrons. The molecule has 6 aromatic carbocycles. The second-order valence-corrected chi connectivity index (χ2v) is 18.3. The average Bonchev–Trinajstić information content (AvgIpc) is 4.05. The summed E-state index contributed by atoms with van der Waals surface area (Å²) in [6.45, 7) is 3.98. The van der Waals surface area contributed by atoms with Gasteiger partial charge in [-0.1, -0.05) is 121 Å². The molecule has 5 heterocycles. The van der Waals surface area contributed by atoms with E-state index in [0.29, 0.717) is 61.6 Å². The molecule has 2 N–H and O–H groups in total. The van der Waals surface area contributed by atoms with E-state index >= 15 is 14.4 Å². The third-order valence-corrected chi connectivity index (χ3v) is 14.2. The molecule has 5 aliphatic heterocycles. The molecule has 0 bridgehead atoms. The summed E-state index contributed by atoms with van der Waals surface area (Å²) in [4.78, 5) is 55.4. The number of phenols is 1. The number of fused-ring (bicyclic) bond motifs is 4. The molecule has 0 radical (unpaired) electrons. The van der Waals surface area contributed by atoms with E-state index in [9.17, 15) is 5.11 Å². The third kappa shape index (κ3) is 7.72. The fourth-order valence-electron chi connectivity index (χ4n) is 11.2. The summed E-state index contributed by atoms with van der Waals surface area (Å²) in [6.07, 6.45) is -0.790. The maximum atomic E-state index is 16.0. The normalized spacial score (nSPS) is 24.0. The van der Waals surface area contributed by atoms with Crippen LogP contribution < -0.4 is 14.8 Å². The third-order valence-electron chi connectivity index (χ3n) is 14.2. The predicted octanol–water partition coefficient (Wildman–Crippen LogP) is 7.22. The maximum Gasteiger partial charge on any atom is 0.324 e. The van der Waals surface area contributed by atoms with Gasteiger partial charge in [-0.25, -0.2) is 0 Å². The van der Waals surface area contributed by atoms with Crippen LogP contribution in [0.5, 0.6) is 17.2 Å². The number of nitrogens with one attached hydrogen (secondary N) is 1. The lowest BCUT2D eigenvalue weighted by atomic mass is 9.65. The van der Waals surface area contributed by atoms with Crippen LogP contribution in [0.3, 0.4) is 0 Å². The number of ether oxygens (including phenoxy) is 3. The van der Waals surface area contributed by atoms with Crippen LogP contribution in [0.1, 0.15) is 57.1 Å². The lowest BCUT2D eigenvalue weighted by molar-refractivity contribution is -0.179. The average molecular weight is 906 g/mol. The summed E-state index contributed by atoms with van der Waals surface area (Å²) in [6, 6.07) is 45.5. The highest BCUT2D eigenvalue weighted by molar-refractivity contribution is 6.12. The fraction of sp³-hybridized carbons (Fsp3) is 0.268. The van der Waals surface area contributed by atoms with E-state index in [1.165, 1.54) is 5.56 Å². The number of anilines is 1. The molecule has 3 fully saturated rings. The minimum Gasteiger partial charge on any atom is -0.508 e. The summed E-state index contributed by atoms with van der Waals surface area (Å²) < 4.78 is 17.8. The van der Waals surface area contributed by atoms with Crippen molar-refractivity contribution in [3.05, 3.63) is 191 Å². The van der Waals surface area contributed by atoms with Crippen molar-refractivity contribution in [2.45, 2.75) is 42.7 Å². The van der Waals surface area contributed by atoms with Crippen molar-refractivity contribution in [3.8, 4) is 29.1 Å². The zero-order valence-corrected chi connectivity index (χ0v) is 37.7. The van der Waals surface area contributed by atoms with Gasteiger partial charge in [0.15, 0.2) is 11.5 Å². The summed E-state index contributed by atoms with van der Waals surface area (Å²) in [5, 5.41) is 13.9. The Bertz CT molecular complexity index is 2920. The van der Waals surface area contributed by atoms with Crippen LogP contribution >= 0.6 is 0 Å². The first-order chi connectivity index (χ1) is 33.3. The number of phenolic OH excluding ortho intramolecular Hbond substituents is 1. The molecule has 11 rings (SSSR count). The number of morpholine rings is 1. The minimum atomic E-state index is -1.66. The predicted molar refractivity (Wildman–Crippen MR) is 255 cm³/mol. The van der Waals surface area contributed by atoms with E-state index in [1.54, 1.807) is 24.3 Å². The van der Waals surface area contributed by atoms with Crippen LogP contribution in [-0.4, -0.2) is 95.1 Å². The Morgan fingerprint density at radius 1 is 0.750 bits per heavy atom. The maximum absolute atomic E-state index is 16.0. The monoisotopic (exact) mass is 905 g/mol. The van der Waals surface area contributed by atoms with Gasteiger partial charge in [0.05, 0.1) is 24.5 Å². The van der Waals surface area contributed by atoms with E-state index < -0.39 is 41.5 Å². The lowest BCUT2D eigenvalue weighted by Gasteiger charge is -2.46. The minimum absolute atomic E-state index is 0.0504. The number of carbonyl (C=O) groups is 3. The van der Waals surface area contributed by atoms with Crippen molar-refractivity contribution in [1.29, 1.82) is 0 Å². The Labute approximate surface area is 395 Å². The van der Waals surface area contributed by atoms with Gasteiger partial charge in [0.25, 0.3) is 0 Å². The van der Waals surface area contributed by atoms with Gasteiger partial charge < -0.3 is 29.5 Å². The highest BCUT2D eigenvalue weighted by Gasteiger charge is 2.74. The summed E-state index contributed by atoms with van der Waals surface area (Å²) in [5.74, 6) is 5.73. The standard InChI is InChI=1S/C56H51N5O7/c1-58(34-38-12-5-2-6-13-38)27-11-14-37-19-25-45-44(32-37)56(55(65)57-45)48(53(63)60-30-28-59(29-31-60)35-39-20-26-46-47(33-39)67-36-66-46)50-54(64)68-51(41-17-9-4-10-18-41)49(40-15-7-3-8-16-40)61(50)52(56)42-21-23-43(62)24-22-42/h2-10,12-13,15-26,32-33,48-52,62H,27-31,34-36H2,1H3,(H,57,65)/t48-,49-,50-,51+,52+,56-/m0/s1. The Kier molecular flexibility index (Phi) is 11.4. The molecule has 12 heteroatoms.